The van der Waals surface area contributed by atoms with Crippen molar-refractivity contribution in [3.8, 4) is 11.5 Å². The van der Waals surface area contributed by atoms with Crippen LogP contribution in [0.4, 0.5) is 4.79 Å². The summed E-state index contributed by atoms with van der Waals surface area (Å²) in [5.41, 5.74) is 0.519. The van der Waals surface area contributed by atoms with Crippen molar-refractivity contribution >= 4 is 39.9 Å². The lowest BCUT2D eigenvalue weighted by Crippen LogP contribution is -2.57. The third-order valence-corrected chi connectivity index (χ3v) is 5.87. The minimum absolute atomic E-state index is 0.00101. The Hall–Kier alpha value is -2.35. The smallest absolute Gasteiger partial charge is 0.331 e. The molecule has 1 aromatic rings. The minimum Gasteiger partial charge on any atom is -0.493 e. The topological polar surface area (TPSA) is 84.9 Å². The Morgan fingerprint density at radius 2 is 1.97 bits per heavy atom. The summed E-state index contributed by atoms with van der Waals surface area (Å²) in [5.74, 6) is -0.199. The van der Waals surface area contributed by atoms with Crippen LogP contribution in [0.5, 0.6) is 11.5 Å². The molecule has 0 bridgehead atoms. The van der Waals surface area contributed by atoms with Crippen molar-refractivity contribution in [1.29, 1.82) is 0 Å². The highest BCUT2D eigenvalue weighted by Gasteiger charge is 2.40. The summed E-state index contributed by atoms with van der Waals surface area (Å²) in [6, 6.07) is 2.66. The average Bonchev–Trinajstić information content (AvgIpc) is 3.20. The van der Waals surface area contributed by atoms with Gasteiger partial charge in [0.2, 0.25) is 0 Å². The quantitative estimate of drug-likeness (QED) is 0.507. The lowest BCUT2D eigenvalue weighted by Gasteiger charge is -2.31. The number of ether oxygens (including phenoxy) is 2. The number of halogens is 1. The number of imide groups is 2. The number of hydrogen-bond acceptors (Lipinski definition) is 5. The van der Waals surface area contributed by atoms with Gasteiger partial charge in [0, 0.05) is 6.04 Å². The highest BCUT2D eigenvalue weighted by Crippen LogP contribution is 2.38. The zero-order valence-electron chi connectivity index (χ0n) is 16.8. The van der Waals surface area contributed by atoms with Crippen molar-refractivity contribution in [2.24, 2.45) is 0 Å². The Bertz CT molecular complexity index is 861. The number of methoxy groups -OCH3 is 1. The third-order valence-electron chi connectivity index (χ3n) is 5.28. The minimum atomic E-state index is -0.690. The van der Waals surface area contributed by atoms with E-state index < -0.39 is 17.8 Å². The molecule has 1 saturated carbocycles. The largest absolute Gasteiger partial charge is 0.493 e. The zero-order chi connectivity index (χ0) is 21.1. The molecule has 0 aromatic heterocycles. The van der Waals surface area contributed by atoms with E-state index in [0.29, 0.717) is 21.5 Å². The lowest BCUT2D eigenvalue weighted by atomic mass is 10.0. The number of hydrogen-bond donors (Lipinski definition) is 1. The number of rotatable bonds is 6. The van der Waals surface area contributed by atoms with Gasteiger partial charge in [0.25, 0.3) is 11.8 Å². The monoisotopic (exact) mass is 464 g/mol. The van der Waals surface area contributed by atoms with Gasteiger partial charge in [-0.2, -0.15) is 0 Å². The fraction of sp³-hybridized carbons (Fsp3) is 0.476. The van der Waals surface area contributed by atoms with Crippen LogP contribution >= 0.6 is 15.9 Å². The van der Waals surface area contributed by atoms with Gasteiger partial charge in [0.15, 0.2) is 11.5 Å². The third kappa shape index (κ3) is 4.47. The standard InChI is InChI=1S/C21H25BrN2O5/c1-4-12(2)29-18-16(22)10-13(11-17(18)28-3)9-15-19(25)23-21(27)24(20(15)26)14-7-5-6-8-14/h9-12,14H,4-8H2,1-3H3,(H,23,25,27)/b15-9+/t12-/m0/s1. The van der Waals surface area contributed by atoms with Gasteiger partial charge in [0.05, 0.1) is 17.7 Å². The van der Waals surface area contributed by atoms with Crippen molar-refractivity contribution in [3.05, 3.63) is 27.7 Å². The predicted octanol–water partition coefficient (Wildman–Crippen LogP) is 4.04. The molecule has 29 heavy (non-hydrogen) atoms. The highest BCUT2D eigenvalue weighted by molar-refractivity contribution is 9.10. The van der Waals surface area contributed by atoms with Crippen LogP contribution in [0.3, 0.4) is 0 Å². The zero-order valence-corrected chi connectivity index (χ0v) is 18.4. The molecule has 0 radical (unpaired) electrons. The first-order chi connectivity index (χ1) is 13.8. The van der Waals surface area contributed by atoms with Gasteiger partial charge >= 0.3 is 6.03 Å². The number of carbonyl (C=O) groups is 3. The van der Waals surface area contributed by atoms with Gasteiger partial charge < -0.3 is 9.47 Å². The second kappa shape index (κ2) is 8.98. The van der Waals surface area contributed by atoms with Gasteiger partial charge in [-0.25, -0.2) is 4.79 Å². The van der Waals surface area contributed by atoms with Gasteiger partial charge in [0.1, 0.15) is 5.57 Å². The van der Waals surface area contributed by atoms with Gasteiger partial charge in [-0.3, -0.25) is 19.8 Å². The average molecular weight is 465 g/mol. The highest BCUT2D eigenvalue weighted by atomic mass is 79.9. The van der Waals surface area contributed by atoms with E-state index in [0.717, 1.165) is 32.1 Å². The van der Waals surface area contributed by atoms with Crippen LogP contribution in [0, 0.1) is 0 Å². The number of nitrogens with zero attached hydrogens (tertiary/aromatic N) is 1. The summed E-state index contributed by atoms with van der Waals surface area (Å²) in [5, 5.41) is 2.29. The van der Waals surface area contributed by atoms with E-state index >= 15 is 0 Å². The van der Waals surface area contributed by atoms with Crippen LogP contribution in [0.15, 0.2) is 22.2 Å². The number of urea groups is 1. The van der Waals surface area contributed by atoms with Crippen molar-refractivity contribution in [2.45, 2.75) is 58.1 Å². The molecule has 4 amide bonds. The number of nitrogens with one attached hydrogen (secondary N) is 1. The maximum absolute atomic E-state index is 12.9. The van der Waals surface area contributed by atoms with Crippen LogP contribution in [0.1, 0.15) is 51.5 Å². The van der Waals surface area contributed by atoms with Gasteiger partial charge in [-0.1, -0.05) is 19.8 Å². The molecular weight excluding hydrogens is 440 g/mol. The molecule has 2 fully saturated rings. The number of benzene rings is 1. The van der Waals surface area contributed by atoms with E-state index in [1.54, 1.807) is 12.1 Å². The van der Waals surface area contributed by atoms with E-state index in [1.165, 1.54) is 18.1 Å². The first kappa shape index (κ1) is 21.4. The van der Waals surface area contributed by atoms with E-state index in [-0.39, 0.29) is 17.7 Å². The summed E-state index contributed by atoms with van der Waals surface area (Å²) >= 11 is 3.48. The summed E-state index contributed by atoms with van der Waals surface area (Å²) in [6.45, 7) is 3.98. The molecule has 1 heterocycles. The maximum atomic E-state index is 12.9. The lowest BCUT2D eigenvalue weighted by molar-refractivity contribution is -0.131. The van der Waals surface area contributed by atoms with Crippen molar-refractivity contribution in [2.75, 3.05) is 7.11 Å². The van der Waals surface area contributed by atoms with E-state index in [4.69, 9.17) is 9.47 Å². The van der Waals surface area contributed by atoms with Crippen LogP contribution in [0.2, 0.25) is 0 Å². The molecule has 2 aliphatic rings. The van der Waals surface area contributed by atoms with Crippen LogP contribution < -0.4 is 14.8 Å². The number of carbonyl (C=O) groups excluding carboxylic acids is 3. The summed E-state index contributed by atoms with van der Waals surface area (Å²) in [4.78, 5) is 38.7. The fourth-order valence-electron chi connectivity index (χ4n) is 3.55. The summed E-state index contributed by atoms with van der Waals surface area (Å²) in [6.07, 6.45) is 5.78. The molecule has 1 N–H and O–H groups in total. The normalized spacial score (nSPS) is 20.2. The second-order valence-electron chi connectivity index (χ2n) is 7.30. The van der Waals surface area contributed by atoms with Crippen LogP contribution in [0.25, 0.3) is 6.08 Å². The van der Waals surface area contributed by atoms with E-state index in [9.17, 15) is 14.4 Å². The van der Waals surface area contributed by atoms with Crippen LogP contribution in [-0.2, 0) is 9.59 Å². The molecule has 3 rings (SSSR count). The first-order valence-corrected chi connectivity index (χ1v) is 10.6. The van der Waals surface area contributed by atoms with Gasteiger partial charge in [-0.05, 0) is 65.9 Å². The number of amides is 4. The van der Waals surface area contributed by atoms with Crippen molar-refractivity contribution < 1.29 is 23.9 Å². The first-order valence-electron chi connectivity index (χ1n) is 9.80. The Kier molecular flexibility index (Phi) is 6.62. The summed E-state index contributed by atoms with van der Waals surface area (Å²) < 4.78 is 12.0. The Morgan fingerprint density at radius 1 is 1.28 bits per heavy atom. The predicted molar refractivity (Wildman–Crippen MR) is 112 cm³/mol. The van der Waals surface area contributed by atoms with E-state index in [1.807, 2.05) is 13.8 Å². The maximum Gasteiger partial charge on any atom is 0.331 e. The molecule has 1 aliphatic heterocycles. The van der Waals surface area contributed by atoms with Crippen LogP contribution in [-0.4, -0.2) is 42.0 Å². The SMILES string of the molecule is CC[C@H](C)Oc1c(Br)cc(/C=C2\C(=O)NC(=O)N(C3CCCC3)C2=O)cc1OC. The van der Waals surface area contributed by atoms with E-state index in [2.05, 4.69) is 21.2 Å². The molecule has 156 valence electrons. The van der Waals surface area contributed by atoms with Gasteiger partial charge in [-0.15, -0.1) is 0 Å². The Balaban J connectivity index is 1.95. The molecule has 1 saturated heterocycles. The Morgan fingerprint density at radius 3 is 2.59 bits per heavy atom. The molecule has 8 heteroatoms. The Labute approximate surface area is 178 Å². The second-order valence-corrected chi connectivity index (χ2v) is 8.16. The molecule has 7 nitrogen and oxygen atoms in total. The molecule has 0 spiro atoms. The molecule has 1 aliphatic carbocycles. The molecular formula is C21H25BrN2O5. The summed E-state index contributed by atoms with van der Waals surface area (Å²) in [7, 11) is 1.53. The molecule has 0 unspecified atom stereocenters. The molecule has 1 atom stereocenters. The molecule has 1 aromatic carbocycles. The fourth-order valence-corrected chi connectivity index (χ4v) is 4.11. The van der Waals surface area contributed by atoms with Crippen molar-refractivity contribution in [1.82, 2.24) is 10.2 Å². The van der Waals surface area contributed by atoms with Crippen molar-refractivity contribution in [3.63, 3.8) is 0 Å². The number of barbiturate groups is 1.